The van der Waals surface area contributed by atoms with E-state index in [0.29, 0.717) is 86.6 Å². The predicted octanol–water partition coefficient (Wildman–Crippen LogP) is 25.9. The Labute approximate surface area is 839 Å². The standard InChI is InChI=1S/C20H16Cl2FO5P.C20H27O4P.C19H22Cl2NO6PS.C19H24NO5P.C15H15I3NO4P/c21-17-8-13(11-29(25,26)27)9-18(22)20(17)28-16-5-6-19(24)14(10-16)7-12-1-3-15(23)4-2-12;1-13(2)18-10-16(6-7-20(18)21)11-19-14(3)8-17(9-15(19)4)24-12-25(5,22)23;1-13-5-6-15(11-18(13)30(26,27)22-7-3-2-4-8-22)28-19-16(20)9-14(10-17(19)21)12-29(23,24)25;1-11(2)16-10-15(6-7-17(16)21)25-18-12(3)8-14(9-13(18)4)20-19(22)26(5,23)24;1-24(21,22)14(19)6-8-4-11(17)15(12(18)5-8)23-9-2-3-13(20)10(16)7-9/h1-6,8-10,24H,7,11H2,(H2,25,26,27);6-10,13,21H,11-12H2,1-5H3,(H,22,23);5-6,9-11H,2-4,7-8,12H2,1H3,(H2,23,24,25);6-11,21H,1-5H3,(H,20,22)(H,23,24);2-5,7,14,20H,6,19H2,1H3,(H,21,22). The second-order valence-corrected chi connectivity index (χ2v) is 50.1. The normalized spacial score (nSPS) is 13.9. The fourth-order valence-electron chi connectivity index (χ4n) is 13.5. The van der Waals surface area contributed by atoms with Crippen LogP contribution in [0.3, 0.4) is 0 Å². The maximum absolute atomic E-state index is 13.1. The van der Waals surface area contributed by atoms with E-state index in [2.05, 4.69) is 70.4 Å². The van der Waals surface area contributed by atoms with Gasteiger partial charge in [0.25, 0.3) is 7.37 Å². The van der Waals surface area contributed by atoms with Gasteiger partial charge in [-0.05, 0) is 346 Å². The van der Waals surface area contributed by atoms with Gasteiger partial charge in [-0.15, -0.1) is 0 Å². The van der Waals surface area contributed by atoms with E-state index in [4.69, 9.17) is 95.4 Å². The number of aromatic hydroxyl groups is 4. The zero-order valence-corrected chi connectivity index (χ0v) is 89.5. The van der Waals surface area contributed by atoms with Crippen molar-refractivity contribution in [1.29, 1.82) is 0 Å². The maximum Gasteiger partial charge on any atom is 0.329 e. The molecule has 1 heterocycles. The molecule has 11 aromatic rings. The number of nitrogens with zero attached hydrogens (tertiary/aromatic N) is 1. The van der Waals surface area contributed by atoms with Crippen molar-refractivity contribution in [3.63, 3.8) is 0 Å². The highest BCUT2D eigenvalue weighted by atomic mass is 127. The molecule has 4 unspecified atom stereocenters. The lowest BCUT2D eigenvalue weighted by Crippen LogP contribution is -2.35. The number of anilines is 1. The van der Waals surface area contributed by atoms with E-state index < -0.39 is 71.1 Å². The highest BCUT2D eigenvalue weighted by Crippen LogP contribution is 2.49. The Morgan fingerprint density at radius 2 is 0.903 bits per heavy atom. The van der Waals surface area contributed by atoms with Crippen LogP contribution in [0.15, 0.2) is 181 Å². The molecule has 11 aromatic carbocycles. The molecule has 0 bridgehead atoms. The number of ether oxygens (including phenoxy) is 5. The molecular formula is C93H104Cl4FI3N3O24P5S. The number of phenolic OH excluding ortho intramolecular Hbond substituents is 4. The molecule has 1 fully saturated rings. The van der Waals surface area contributed by atoms with Crippen molar-refractivity contribution < 1.29 is 119 Å². The summed E-state index contributed by atoms with van der Waals surface area (Å²) < 4.78 is 129. The average molecular weight is 2380 g/mol. The summed E-state index contributed by atoms with van der Waals surface area (Å²) in [5.74, 6) is 4.10. The van der Waals surface area contributed by atoms with E-state index in [1.165, 1.54) is 77.8 Å². The van der Waals surface area contributed by atoms with Crippen LogP contribution in [-0.4, -0.2) is 118 Å². The number of nitrogens with two attached hydrogens (primary N) is 1. The van der Waals surface area contributed by atoms with Crippen molar-refractivity contribution in [2.24, 2.45) is 5.73 Å². The van der Waals surface area contributed by atoms with Crippen LogP contribution in [0.2, 0.25) is 20.1 Å². The quantitative estimate of drug-likeness (QED) is 0.0160. The minimum absolute atomic E-state index is 0.0517. The van der Waals surface area contributed by atoms with Gasteiger partial charge in [0, 0.05) is 62.4 Å². The van der Waals surface area contributed by atoms with Gasteiger partial charge in [-0.25, -0.2) is 12.8 Å². The average Bonchev–Trinajstić information content (AvgIpc) is 0.770. The molecule has 1 saturated heterocycles. The van der Waals surface area contributed by atoms with E-state index in [9.17, 15) is 75.5 Å². The van der Waals surface area contributed by atoms with E-state index >= 15 is 0 Å². The fraction of sp³-hybridized carbons (Fsp3) is 0.280. The number of sulfonamides is 1. The number of benzene rings is 11. The summed E-state index contributed by atoms with van der Waals surface area (Å²) >= 11 is 31.2. The molecule has 1 amide bonds. The van der Waals surface area contributed by atoms with Gasteiger partial charge in [0.1, 0.15) is 63.3 Å². The lowest BCUT2D eigenvalue weighted by Gasteiger charge is -2.26. The number of nitrogens with one attached hydrogen (secondary N) is 1. The Kier molecular flexibility index (Phi) is 40.9. The van der Waals surface area contributed by atoms with E-state index in [0.717, 1.165) is 89.6 Å². The van der Waals surface area contributed by atoms with Crippen molar-refractivity contribution in [2.75, 3.05) is 44.7 Å². The van der Waals surface area contributed by atoms with Crippen LogP contribution in [0.1, 0.15) is 137 Å². The van der Waals surface area contributed by atoms with Gasteiger partial charge in [-0.2, -0.15) is 4.31 Å². The van der Waals surface area contributed by atoms with Crippen molar-refractivity contribution in [2.45, 2.75) is 136 Å². The monoisotopic (exact) mass is 2370 g/mol. The first-order chi connectivity index (χ1) is 62.2. The number of carbonyl (C=O) groups is 1. The summed E-state index contributed by atoms with van der Waals surface area (Å²) in [5.41, 5.74) is 16.5. The predicted molar refractivity (Wildman–Crippen MR) is 551 cm³/mol. The molecule has 12 rings (SSSR count). The van der Waals surface area contributed by atoms with Gasteiger partial charge in [0.15, 0.2) is 23.6 Å². The number of hydrogen-bond donors (Lipinski definition) is 13. The number of hydrogen-bond acceptors (Lipinski definition) is 18. The SMILES string of the molecule is CP(=O)(O)C(N)Cc1cc(I)c(Oc2ccc(O)c(I)c2)c(I)c1.Cc1cc(NC(=O)P(C)(=O)O)cc(C)c1Oc1ccc(O)c(C(C)C)c1.Cc1cc(OCP(C)(=O)O)cc(C)c1Cc1ccc(O)c(C(C)C)c1.Cc1ccc(Oc2c(Cl)cc(CP(=O)(O)O)cc2Cl)cc1S(=O)(=O)N1CCCCC1.O=P(O)(O)Cc1cc(Cl)c(Oc2ccc(O)c(Cc3ccc(F)cc3)c2)c(Cl)c1. The van der Waals surface area contributed by atoms with Crippen molar-refractivity contribution >= 4 is 173 Å². The summed E-state index contributed by atoms with van der Waals surface area (Å²) in [6.45, 7) is 22.1. The lowest BCUT2D eigenvalue weighted by molar-refractivity contribution is 0.265. The van der Waals surface area contributed by atoms with Crippen molar-refractivity contribution in [1.82, 2.24) is 4.31 Å². The molecule has 0 saturated carbocycles. The number of carbonyl (C=O) groups excluding carboxylic acids is 1. The number of phenols is 4. The van der Waals surface area contributed by atoms with E-state index in [1.54, 1.807) is 91.9 Å². The number of amides is 1. The molecule has 1 aliphatic rings. The molecule has 0 spiro atoms. The summed E-state index contributed by atoms with van der Waals surface area (Å²) in [6.07, 6.45) is 2.96. The molecule has 722 valence electrons. The molecule has 4 atom stereocenters. The van der Waals surface area contributed by atoms with Crippen LogP contribution >= 0.6 is 151 Å². The summed E-state index contributed by atoms with van der Waals surface area (Å²) in [7, 11) is -22.6. The van der Waals surface area contributed by atoms with Crippen LogP contribution in [0.25, 0.3) is 0 Å². The largest absolute Gasteiger partial charge is 0.508 e. The van der Waals surface area contributed by atoms with Gasteiger partial charge in [0.2, 0.25) is 24.8 Å². The minimum Gasteiger partial charge on any atom is -0.508 e. The molecule has 0 aliphatic carbocycles. The molecule has 41 heteroatoms. The Hall–Kier alpha value is -6.89. The third-order valence-corrected chi connectivity index (χ3v) is 30.3. The molecule has 0 radical (unpaired) electrons. The smallest absolute Gasteiger partial charge is 0.329 e. The van der Waals surface area contributed by atoms with Crippen LogP contribution in [0, 0.1) is 51.1 Å². The van der Waals surface area contributed by atoms with Crippen LogP contribution < -0.4 is 34.7 Å². The molecule has 134 heavy (non-hydrogen) atoms. The maximum atomic E-state index is 13.1. The highest BCUT2D eigenvalue weighted by Gasteiger charge is 2.31. The van der Waals surface area contributed by atoms with E-state index in [1.807, 2.05) is 94.5 Å². The molecule has 14 N–H and O–H groups in total. The fourth-order valence-corrected chi connectivity index (χ4v) is 21.6. The lowest BCUT2D eigenvalue weighted by atomic mass is 9.93. The van der Waals surface area contributed by atoms with Gasteiger partial charge in [-0.1, -0.05) is 111 Å². The van der Waals surface area contributed by atoms with Gasteiger partial charge >= 0.3 is 20.8 Å². The number of halogens is 8. The molecular weight excluding hydrogens is 2270 g/mol. The van der Waals surface area contributed by atoms with Crippen molar-refractivity contribution in [3.05, 3.63) is 290 Å². The highest BCUT2D eigenvalue weighted by molar-refractivity contribution is 14.1. The van der Waals surface area contributed by atoms with Gasteiger partial charge in [-0.3, -0.25) is 27.6 Å². The zero-order chi connectivity index (χ0) is 99.8. The Morgan fingerprint density at radius 3 is 1.37 bits per heavy atom. The first-order valence-corrected chi connectivity index (χ1v) is 57.4. The topological polar surface area (TPSA) is 447 Å². The Morgan fingerprint density at radius 1 is 0.470 bits per heavy atom. The number of rotatable bonds is 28. The molecule has 1 aliphatic heterocycles. The summed E-state index contributed by atoms with van der Waals surface area (Å²) in [4.78, 5) is 76.6. The third-order valence-electron chi connectivity index (χ3n) is 20.2. The first kappa shape index (κ1) is 112. The Bertz CT molecular complexity index is 6360. The van der Waals surface area contributed by atoms with Gasteiger partial charge in [0.05, 0.1) is 53.8 Å². The third kappa shape index (κ3) is 34.6. The van der Waals surface area contributed by atoms with Crippen molar-refractivity contribution in [3.8, 4) is 74.7 Å². The second-order valence-electron chi connectivity index (χ2n) is 32.7. The Balaban J connectivity index is 0.000000207. The summed E-state index contributed by atoms with van der Waals surface area (Å²) in [5, 5.41) is 42.4. The van der Waals surface area contributed by atoms with Crippen LogP contribution in [0.4, 0.5) is 14.9 Å². The number of piperidine rings is 1. The van der Waals surface area contributed by atoms with E-state index in [-0.39, 0.29) is 94.6 Å². The van der Waals surface area contributed by atoms with Crippen LogP contribution in [0.5, 0.6) is 74.7 Å². The second kappa shape index (κ2) is 48.8. The van der Waals surface area contributed by atoms with Crippen LogP contribution in [-0.2, 0) is 64.4 Å². The minimum atomic E-state index is -4.28. The zero-order valence-electron chi connectivity index (χ0n) is 74.7. The summed E-state index contributed by atoms with van der Waals surface area (Å²) in [6, 6.07) is 47.6. The molecule has 27 nitrogen and oxygen atoms in total. The molecule has 0 aromatic heterocycles. The van der Waals surface area contributed by atoms with Gasteiger partial charge < -0.3 is 89.4 Å². The first-order valence-electron chi connectivity index (χ1n) is 41.1. The number of aryl methyl sites for hydroxylation is 5.